The highest BCUT2D eigenvalue weighted by atomic mass is 15.2. The SMILES string of the molecule is CCC(C)c1ccc2nc(C3CCCC3)cc(NN)c2c1. The summed E-state index contributed by atoms with van der Waals surface area (Å²) in [6.07, 6.45) is 6.30. The van der Waals surface area contributed by atoms with Crippen molar-refractivity contribution in [1.29, 1.82) is 0 Å². The molecule has 1 aromatic carbocycles. The minimum absolute atomic E-state index is 0.564. The summed E-state index contributed by atoms with van der Waals surface area (Å²) in [4.78, 5) is 4.90. The van der Waals surface area contributed by atoms with Crippen LogP contribution in [0.1, 0.15) is 69.0 Å². The van der Waals surface area contributed by atoms with E-state index in [1.165, 1.54) is 36.9 Å². The van der Waals surface area contributed by atoms with Gasteiger partial charge in [-0.15, -0.1) is 0 Å². The normalized spacial score (nSPS) is 17.3. The molecule has 1 fully saturated rings. The van der Waals surface area contributed by atoms with E-state index in [-0.39, 0.29) is 0 Å². The number of fused-ring (bicyclic) bond motifs is 1. The maximum absolute atomic E-state index is 5.76. The number of nitrogens with one attached hydrogen (secondary N) is 1. The fourth-order valence-electron chi connectivity index (χ4n) is 3.36. The molecule has 0 aliphatic heterocycles. The van der Waals surface area contributed by atoms with E-state index in [2.05, 4.69) is 43.5 Å². The highest BCUT2D eigenvalue weighted by molar-refractivity contribution is 5.92. The first-order valence-electron chi connectivity index (χ1n) is 8.14. The molecule has 1 unspecified atom stereocenters. The van der Waals surface area contributed by atoms with Gasteiger partial charge in [0.05, 0.1) is 11.2 Å². The summed E-state index contributed by atoms with van der Waals surface area (Å²) in [7, 11) is 0. The molecule has 1 aliphatic rings. The van der Waals surface area contributed by atoms with Crippen LogP contribution in [0.25, 0.3) is 10.9 Å². The second-order valence-electron chi connectivity index (χ2n) is 6.31. The van der Waals surface area contributed by atoms with Gasteiger partial charge in [0.1, 0.15) is 0 Å². The van der Waals surface area contributed by atoms with Crippen LogP contribution in [0, 0.1) is 0 Å². The maximum Gasteiger partial charge on any atom is 0.0726 e. The number of hydrazine groups is 1. The molecule has 3 rings (SSSR count). The summed E-state index contributed by atoms with van der Waals surface area (Å²) >= 11 is 0. The maximum atomic E-state index is 5.76. The van der Waals surface area contributed by atoms with Gasteiger partial charge in [0.15, 0.2) is 0 Å². The van der Waals surface area contributed by atoms with Crippen LogP contribution < -0.4 is 11.3 Å². The van der Waals surface area contributed by atoms with Crippen molar-refractivity contribution >= 4 is 16.6 Å². The lowest BCUT2D eigenvalue weighted by atomic mass is 9.95. The number of benzene rings is 1. The monoisotopic (exact) mass is 283 g/mol. The van der Waals surface area contributed by atoms with Crippen LogP contribution >= 0.6 is 0 Å². The second kappa shape index (κ2) is 6.02. The van der Waals surface area contributed by atoms with Crippen LogP contribution in [-0.4, -0.2) is 4.98 Å². The summed E-state index contributed by atoms with van der Waals surface area (Å²) in [6, 6.07) is 8.75. The fraction of sp³-hybridized carbons (Fsp3) is 0.500. The Morgan fingerprint density at radius 2 is 2.05 bits per heavy atom. The number of nitrogen functional groups attached to an aromatic ring is 1. The predicted octanol–water partition coefficient (Wildman–Crippen LogP) is 4.69. The van der Waals surface area contributed by atoms with E-state index in [1.54, 1.807) is 0 Å². The summed E-state index contributed by atoms with van der Waals surface area (Å²) in [5.74, 6) is 6.94. The van der Waals surface area contributed by atoms with Gasteiger partial charge in [0.25, 0.3) is 0 Å². The van der Waals surface area contributed by atoms with Crippen molar-refractivity contribution in [1.82, 2.24) is 4.98 Å². The van der Waals surface area contributed by atoms with Crippen molar-refractivity contribution in [2.45, 2.75) is 57.8 Å². The average Bonchev–Trinajstić information content (AvgIpc) is 3.07. The van der Waals surface area contributed by atoms with Gasteiger partial charge in [-0.25, -0.2) is 0 Å². The van der Waals surface area contributed by atoms with Crippen LogP contribution in [-0.2, 0) is 0 Å². The van der Waals surface area contributed by atoms with Crippen molar-refractivity contribution in [3.8, 4) is 0 Å². The predicted molar refractivity (Wildman–Crippen MR) is 89.5 cm³/mol. The number of nitrogens with zero attached hydrogens (tertiary/aromatic N) is 1. The zero-order valence-corrected chi connectivity index (χ0v) is 13.0. The van der Waals surface area contributed by atoms with E-state index in [4.69, 9.17) is 10.8 Å². The largest absolute Gasteiger partial charge is 0.323 e. The third-order valence-electron chi connectivity index (χ3n) is 4.96. The second-order valence-corrected chi connectivity index (χ2v) is 6.31. The molecule has 21 heavy (non-hydrogen) atoms. The van der Waals surface area contributed by atoms with Crippen molar-refractivity contribution in [2.24, 2.45) is 5.84 Å². The molecule has 1 atom stereocenters. The molecule has 112 valence electrons. The first kappa shape index (κ1) is 14.3. The van der Waals surface area contributed by atoms with Gasteiger partial charge in [0, 0.05) is 17.0 Å². The smallest absolute Gasteiger partial charge is 0.0726 e. The molecule has 0 saturated heterocycles. The summed E-state index contributed by atoms with van der Waals surface area (Å²) in [5.41, 5.74) is 7.50. The molecule has 0 spiro atoms. The van der Waals surface area contributed by atoms with Crippen molar-refractivity contribution < 1.29 is 0 Å². The summed E-state index contributed by atoms with van der Waals surface area (Å²) in [6.45, 7) is 4.48. The number of hydrogen-bond donors (Lipinski definition) is 2. The molecule has 3 heteroatoms. The minimum Gasteiger partial charge on any atom is -0.323 e. The van der Waals surface area contributed by atoms with E-state index < -0.39 is 0 Å². The van der Waals surface area contributed by atoms with Gasteiger partial charge >= 0.3 is 0 Å². The van der Waals surface area contributed by atoms with Crippen LogP contribution in [0.3, 0.4) is 0 Å². The van der Waals surface area contributed by atoms with Gasteiger partial charge in [0.2, 0.25) is 0 Å². The highest BCUT2D eigenvalue weighted by Crippen LogP contribution is 2.36. The Morgan fingerprint density at radius 3 is 2.71 bits per heavy atom. The quantitative estimate of drug-likeness (QED) is 0.632. The number of rotatable bonds is 4. The lowest BCUT2D eigenvalue weighted by Crippen LogP contribution is -2.09. The number of anilines is 1. The molecule has 1 heterocycles. The first-order chi connectivity index (χ1) is 10.2. The number of nitrogens with two attached hydrogens (primary N) is 1. The van der Waals surface area contributed by atoms with E-state index in [0.717, 1.165) is 23.0 Å². The Kier molecular flexibility index (Phi) is 4.11. The number of pyridine rings is 1. The van der Waals surface area contributed by atoms with Crippen LogP contribution in [0.2, 0.25) is 0 Å². The Hall–Kier alpha value is -1.61. The molecule has 0 amide bonds. The van der Waals surface area contributed by atoms with Crippen LogP contribution in [0.15, 0.2) is 24.3 Å². The lowest BCUT2D eigenvalue weighted by Gasteiger charge is -2.15. The van der Waals surface area contributed by atoms with E-state index >= 15 is 0 Å². The fourth-order valence-corrected chi connectivity index (χ4v) is 3.36. The average molecular weight is 283 g/mol. The first-order valence-corrected chi connectivity index (χ1v) is 8.14. The van der Waals surface area contributed by atoms with E-state index in [9.17, 15) is 0 Å². The Balaban J connectivity index is 2.08. The molecule has 3 nitrogen and oxygen atoms in total. The van der Waals surface area contributed by atoms with Crippen molar-refractivity contribution in [2.75, 3.05) is 5.43 Å². The Labute approximate surface area is 126 Å². The van der Waals surface area contributed by atoms with Crippen LogP contribution in [0.5, 0.6) is 0 Å². The van der Waals surface area contributed by atoms with E-state index in [0.29, 0.717) is 11.8 Å². The van der Waals surface area contributed by atoms with Gasteiger partial charge in [-0.1, -0.05) is 32.8 Å². The lowest BCUT2D eigenvalue weighted by molar-refractivity contribution is 0.701. The van der Waals surface area contributed by atoms with Crippen molar-refractivity contribution in [3.05, 3.63) is 35.5 Å². The molecule has 1 aromatic heterocycles. The topological polar surface area (TPSA) is 50.9 Å². The number of hydrogen-bond acceptors (Lipinski definition) is 3. The van der Waals surface area contributed by atoms with E-state index in [1.807, 2.05) is 0 Å². The standard InChI is InChI=1S/C18H25N3/c1-3-12(2)14-8-9-16-15(10-14)18(21-19)11-17(20-16)13-6-4-5-7-13/h8-13H,3-7,19H2,1-2H3,(H,20,21). The third kappa shape index (κ3) is 2.75. The molecule has 1 aliphatic carbocycles. The molecule has 0 bridgehead atoms. The highest BCUT2D eigenvalue weighted by Gasteiger charge is 2.20. The zero-order valence-electron chi connectivity index (χ0n) is 13.0. The molecule has 1 saturated carbocycles. The number of aromatic nitrogens is 1. The molecular weight excluding hydrogens is 258 g/mol. The zero-order chi connectivity index (χ0) is 14.8. The van der Waals surface area contributed by atoms with Gasteiger partial charge in [-0.05, 0) is 48.9 Å². The molecule has 2 aromatic rings. The van der Waals surface area contributed by atoms with Crippen LogP contribution in [0.4, 0.5) is 5.69 Å². The molecule has 3 N–H and O–H groups in total. The molecular formula is C18H25N3. The van der Waals surface area contributed by atoms with Crippen molar-refractivity contribution in [3.63, 3.8) is 0 Å². The Bertz CT molecular complexity index is 630. The molecule has 0 radical (unpaired) electrons. The third-order valence-corrected chi connectivity index (χ3v) is 4.96. The summed E-state index contributed by atoms with van der Waals surface area (Å²) in [5, 5.41) is 1.14. The van der Waals surface area contributed by atoms with Gasteiger partial charge < -0.3 is 5.43 Å². The Morgan fingerprint density at radius 1 is 1.29 bits per heavy atom. The summed E-state index contributed by atoms with van der Waals surface area (Å²) < 4.78 is 0. The minimum atomic E-state index is 0.564. The van der Waals surface area contributed by atoms with Gasteiger partial charge in [-0.3, -0.25) is 10.8 Å². The van der Waals surface area contributed by atoms with Gasteiger partial charge in [-0.2, -0.15) is 0 Å².